The second kappa shape index (κ2) is 9.68. The molecule has 0 spiro atoms. The number of carbonyl (C=O) groups is 1. The van der Waals surface area contributed by atoms with E-state index in [9.17, 15) is 18.7 Å². The topological polar surface area (TPSA) is 94.7 Å². The molecule has 6 nitrogen and oxygen atoms in total. The number of hydrogen-bond donors (Lipinski definition) is 2. The standard InChI is InChI=1S/C26H20F2N2O4/c1-15-5-2-10-22(23(15)26(31)32)34-25-21(28)13-20(27)24(30-25)33-19-9-4-8-18(12-19)17-7-3-6-16(11-17)14-29/h2-13H,14,29H2,1H3,(H,31,32). The molecule has 0 amide bonds. The predicted molar refractivity (Wildman–Crippen MR) is 122 cm³/mol. The van der Waals surface area contributed by atoms with Gasteiger partial charge in [-0.05, 0) is 53.4 Å². The lowest BCUT2D eigenvalue weighted by Gasteiger charge is -2.13. The number of hydrogen-bond acceptors (Lipinski definition) is 5. The highest BCUT2D eigenvalue weighted by Crippen LogP contribution is 2.33. The van der Waals surface area contributed by atoms with Crippen molar-refractivity contribution in [2.45, 2.75) is 13.5 Å². The Morgan fingerprint density at radius 2 is 1.56 bits per heavy atom. The lowest BCUT2D eigenvalue weighted by molar-refractivity contribution is 0.0693. The van der Waals surface area contributed by atoms with Gasteiger partial charge in [-0.15, -0.1) is 0 Å². The van der Waals surface area contributed by atoms with Crippen molar-refractivity contribution in [3.05, 3.63) is 101 Å². The molecule has 4 aromatic rings. The first kappa shape index (κ1) is 22.9. The van der Waals surface area contributed by atoms with Crippen LogP contribution in [0, 0.1) is 18.6 Å². The van der Waals surface area contributed by atoms with Crippen molar-refractivity contribution in [3.8, 4) is 34.4 Å². The zero-order valence-corrected chi connectivity index (χ0v) is 18.1. The molecule has 0 aliphatic rings. The number of aryl methyl sites for hydroxylation is 1. The number of rotatable bonds is 7. The molecule has 3 aromatic carbocycles. The maximum absolute atomic E-state index is 14.5. The van der Waals surface area contributed by atoms with Gasteiger partial charge in [-0.1, -0.05) is 42.5 Å². The van der Waals surface area contributed by atoms with Gasteiger partial charge in [-0.2, -0.15) is 4.98 Å². The molecular formula is C26H20F2N2O4. The summed E-state index contributed by atoms with van der Waals surface area (Å²) in [5, 5.41) is 9.45. The fourth-order valence-corrected chi connectivity index (χ4v) is 3.41. The van der Waals surface area contributed by atoms with Crippen LogP contribution in [0.2, 0.25) is 0 Å². The quantitative estimate of drug-likeness (QED) is 0.346. The highest BCUT2D eigenvalue weighted by Gasteiger charge is 2.20. The van der Waals surface area contributed by atoms with Gasteiger partial charge in [0.05, 0.1) is 0 Å². The number of nitrogens with two attached hydrogens (primary N) is 1. The van der Waals surface area contributed by atoms with Crippen molar-refractivity contribution >= 4 is 5.97 Å². The monoisotopic (exact) mass is 462 g/mol. The average molecular weight is 462 g/mol. The third kappa shape index (κ3) is 4.87. The van der Waals surface area contributed by atoms with E-state index >= 15 is 0 Å². The van der Waals surface area contributed by atoms with Crippen molar-refractivity contribution in [2.24, 2.45) is 5.73 Å². The van der Waals surface area contributed by atoms with Crippen molar-refractivity contribution < 1.29 is 28.2 Å². The number of carboxylic acid groups (broad SMARTS) is 1. The smallest absolute Gasteiger partial charge is 0.339 e. The summed E-state index contributed by atoms with van der Waals surface area (Å²) in [6.45, 7) is 1.97. The van der Waals surface area contributed by atoms with Crippen LogP contribution in [0.5, 0.6) is 23.3 Å². The lowest BCUT2D eigenvalue weighted by atomic mass is 10.0. The maximum Gasteiger partial charge on any atom is 0.339 e. The van der Waals surface area contributed by atoms with E-state index in [4.69, 9.17) is 15.2 Å². The molecule has 0 aliphatic heterocycles. The molecule has 0 bridgehead atoms. The van der Waals surface area contributed by atoms with Crippen LogP contribution in [-0.2, 0) is 6.54 Å². The molecule has 0 atom stereocenters. The molecule has 0 aliphatic carbocycles. The Morgan fingerprint density at radius 1 is 0.912 bits per heavy atom. The molecule has 34 heavy (non-hydrogen) atoms. The van der Waals surface area contributed by atoms with Gasteiger partial charge in [0.1, 0.15) is 17.1 Å². The SMILES string of the molecule is Cc1cccc(Oc2nc(Oc3cccc(-c4cccc(CN)c4)c3)c(F)cc2F)c1C(=O)O. The fourth-order valence-electron chi connectivity index (χ4n) is 3.41. The van der Waals surface area contributed by atoms with Gasteiger partial charge in [0, 0.05) is 12.6 Å². The van der Waals surface area contributed by atoms with E-state index in [1.165, 1.54) is 6.07 Å². The van der Waals surface area contributed by atoms with Crippen molar-refractivity contribution in [2.75, 3.05) is 0 Å². The zero-order valence-electron chi connectivity index (χ0n) is 18.1. The number of aromatic nitrogens is 1. The van der Waals surface area contributed by atoms with Crippen molar-refractivity contribution in [1.82, 2.24) is 4.98 Å². The highest BCUT2D eigenvalue weighted by molar-refractivity contribution is 5.92. The molecule has 0 unspecified atom stereocenters. The molecule has 1 heterocycles. The largest absolute Gasteiger partial charge is 0.478 e. The molecule has 8 heteroatoms. The van der Waals surface area contributed by atoms with Crippen molar-refractivity contribution in [3.63, 3.8) is 0 Å². The number of halogens is 2. The Kier molecular flexibility index (Phi) is 6.51. The highest BCUT2D eigenvalue weighted by atomic mass is 19.1. The second-order valence-electron chi connectivity index (χ2n) is 7.45. The number of ether oxygens (including phenoxy) is 2. The summed E-state index contributed by atoms with van der Waals surface area (Å²) >= 11 is 0. The summed E-state index contributed by atoms with van der Waals surface area (Å²) in [7, 11) is 0. The molecule has 0 fully saturated rings. The second-order valence-corrected chi connectivity index (χ2v) is 7.45. The van der Waals surface area contributed by atoms with E-state index < -0.39 is 29.4 Å². The molecule has 0 saturated heterocycles. The number of aromatic carboxylic acids is 1. The third-order valence-corrected chi connectivity index (χ3v) is 5.06. The van der Waals surface area contributed by atoms with Crippen LogP contribution in [0.3, 0.4) is 0 Å². The van der Waals surface area contributed by atoms with Gasteiger partial charge in [-0.3, -0.25) is 0 Å². The van der Waals surface area contributed by atoms with E-state index in [1.54, 1.807) is 37.3 Å². The van der Waals surface area contributed by atoms with E-state index in [0.29, 0.717) is 18.2 Å². The van der Waals surface area contributed by atoms with Gasteiger partial charge >= 0.3 is 5.97 Å². The number of nitrogens with zero attached hydrogens (tertiary/aromatic N) is 1. The zero-order chi connectivity index (χ0) is 24.2. The van der Waals surface area contributed by atoms with Gasteiger partial charge in [0.2, 0.25) is 0 Å². The molecule has 1 aromatic heterocycles. The summed E-state index contributed by atoms with van der Waals surface area (Å²) < 4.78 is 39.9. The van der Waals surface area contributed by atoms with E-state index in [0.717, 1.165) is 16.7 Å². The van der Waals surface area contributed by atoms with Crippen LogP contribution in [0.15, 0.2) is 72.8 Å². The van der Waals surface area contributed by atoms with Crippen LogP contribution in [0.4, 0.5) is 8.78 Å². The number of carboxylic acids is 1. The Labute approximate surface area is 194 Å². The first-order valence-electron chi connectivity index (χ1n) is 10.3. The van der Waals surface area contributed by atoms with Crippen LogP contribution >= 0.6 is 0 Å². The van der Waals surface area contributed by atoms with Crippen LogP contribution < -0.4 is 15.2 Å². The van der Waals surface area contributed by atoms with Crippen LogP contribution in [0.1, 0.15) is 21.5 Å². The lowest BCUT2D eigenvalue weighted by Crippen LogP contribution is -2.05. The van der Waals surface area contributed by atoms with Gasteiger partial charge in [0.15, 0.2) is 11.6 Å². The molecule has 0 radical (unpaired) electrons. The molecule has 4 rings (SSSR count). The first-order valence-corrected chi connectivity index (χ1v) is 10.3. The summed E-state index contributed by atoms with van der Waals surface area (Å²) in [4.78, 5) is 15.4. The predicted octanol–water partition coefficient (Wildman–Crippen LogP) is 6.08. The normalized spacial score (nSPS) is 10.7. The van der Waals surface area contributed by atoms with Gasteiger partial charge in [-0.25, -0.2) is 13.6 Å². The third-order valence-electron chi connectivity index (χ3n) is 5.06. The minimum atomic E-state index is -1.25. The van der Waals surface area contributed by atoms with Crippen LogP contribution in [0.25, 0.3) is 11.1 Å². The van der Waals surface area contributed by atoms with Crippen molar-refractivity contribution in [1.29, 1.82) is 0 Å². The minimum absolute atomic E-state index is 0.127. The minimum Gasteiger partial charge on any atom is -0.478 e. The molecule has 0 saturated carbocycles. The van der Waals surface area contributed by atoms with E-state index in [2.05, 4.69) is 4.98 Å². The Balaban J connectivity index is 1.65. The average Bonchev–Trinajstić information content (AvgIpc) is 2.82. The van der Waals surface area contributed by atoms with E-state index in [-0.39, 0.29) is 17.1 Å². The fraction of sp³-hybridized carbons (Fsp3) is 0.0769. The summed E-state index contributed by atoms with van der Waals surface area (Å²) in [5.41, 5.74) is 8.63. The van der Waals surface area contributed by atoms with Crippen LogP contribution in [-0.4, -0.2) is 16.1 Å². The first-order chi connectivity index (χ1) is 16.4. The Bertz CT molecular complexity index is 1380. The number of pyridine rings is 1. The summed E-state index contributed by atoms with van der Waals surface area (Å²) in [6, 6.07) is 19.6. The Hall–Kier alpha value is -4.30. The summed E-state index contributed by atoms with van der Waals surface area (Å²) in [6.07, 6.45) is 0. The van der Waals surface area contributed by atoms with Gasteiger partial charge < -0.3 is 20.3 Å². The number of benzene rings is 3. The molecular weight excluding hydrogens is 442 g/mol. The van der Waals surface area contributed by atoms with Gasteiger partial charge in [0.25, 0.3) is 11.8 Å². The summed E-state index contributed by atoms with van der Waals surface area (Å²) in [5.74, 6) is -4.38. The maximum atomic E-state index is 14.5. The van der Waals surface area contributed by atoms with E-state index in [1.807, 2.05) is 30.3 Å². The Morgan fingerprint density at radius 3 is 2.26 bits per heavy atom. The molecule has 172 valence electrons. The molecule has 3 N–H and O–H groups in total.